The van der Waals surface area contributed by atoms with E-state index < -0.39 is 0 Å². The highest BCUT2D eigenvalue weighted by Gasteiger charge is 2.31. The molecule has 3 rings (SSSR count). The largest absolute Gasteiger partial charge is 0.468 e. The lowest BCUT2D eigenvalue weighted by Crippen LogP contribution is -2.41. The average molecular weight is 259 g/mol. The molecular formula is C16H18FNO. The van der Waals surface area contributed by atoms with Crippen LogP contribution in [0.4, 0.5) is 4.39 Å². The van der Waals surface area contributed by atoms with Gasteiger partial charge in [-0.15, -0.1) is 0 Å². The van der Waals surface area contributed by atoms with Crippen LogP contribution in [0, 0.1) is 5.82 Å². The first kappa shape index (κ1) is 12.4. The van der Waals surface area contributed by atoms with Gasteiger partial charge in [0, 0.05) is 6.04 Å². The molecule has 0 radical (unpaired) electrons. The molecule has 19 heavy (non-hydrogen) atoms. The molecule has 0 aliphatic heterocycles. The van der Waals surface area contributed by atoms with Gasteiger partial charge in [0.2, 0.25) is 0 Å². The lowest BCUT2D eigenvalue weighted by atomic mass is 9.75. The Morgan fingerprint density at radius 2 is 1.95 bits per heavy atom. The summed E-state index contributed by atoms with van der Waals surface area (Å²) in [7, 11) is 0. The van der Waals surface area contributed by atoms with Gasteiger partial charge in [-0.2, -0.15) is 0 Å². The third-order valence-electron chi connectivity index (χ3n) is 3.94. The quantitative estimate of drug-likeness (QED) is 0.897. The zero-order chi connectivity index (χ0) is 13.2. The molecule has 1 fully saturated rings. The second kappa shape index (κ2) is 5.17. The van der Waals surface area contributed by atoms with Crippen molar-refractivity contribution < 1.29 is 8.81 Å². The maximum atomic E-state index is 12.9. The molecule has 1 unspecified atom stereocenters. The first-order valence-electron chi connectivity index (χ1n) is 6.77. The lowest BCUT2D eigenvalue weighted by Gasteiger charge is -2.37. The van der Waals surface area contributed by atoms with Crippen LogP contribution in [0.25, 0.3) is 0 Å². The van der Waals surface area contributed by atoms with Crippen LogP contribution >= 0.6 is 0 Å². The first-order valence-corrected chi connectivity index (χ1v) is 6.77. The minimum absolute atomic E-state index is 0.163. The summed E-state index contributed by atoms with van der Waals surface area (Å²) in [5.74, 6) is 1.37. The van der Waals surface area contributed by atoms with E-state index in [1.807, 2.05) is 24.3 Å². The molecule has 0 bridgehead atoms. The number of benzene rings is 1. The Morgan fingerprint density at radius 1 is 1.21 bits per heavy atom. The van der Waals surface area contributed by atoms with Gasteiger partial charge in [-0.05, 0) is 55.5 Å². The van der Waals surface area contributed by atoms with Gasteiger partial charge in [-0.3, -0.25) is 0 Å². The number of hydrogen-bond acceptors (Lipinski definition) is 2. The second-order valence-electron chi connectivity index (χ2n) is 5.32. The molecule has 0 saturated heterocycles. The van der Waals surface area contributed by atoms with Gasteiger partial charge >= 0.3 is 0 Å². The molecule has 1 aliphatic rings. The number of nitrogens with one attached hydrogen (secondary N) is 1. The van der Waals surface area contributed by atoms with Crippen molar-refractivity contribution in [3.05, 3.63) is 59.8 Å². The maximum Gasteiger partial charge on any atom is 0.123 e. The minimum Gasteiger partial charge on any atom is -0.468 e. The van der Waals surface area contributed by atoms with Crippen molar-refractivity contribution in [1.29, 1.82) is 0 Å². The van der Waals surface area contributed by atoms with Crippen molar-refractivity contribution in [3.63, 3.8) is 0 Å². The lowest BCUT2D eigenvalue weighted by molar-refractivity contribution is 0.258. The molecule has 1 aromatic heterocycles. The predicted octanol–water partition coefficient (Wildman–Crippen LogP) is 4.02. The summed E-state index contributed by atoms with van der Waals surface area (Å²) in [4.78, 5) is 0. The Bertz CT molecular complexity index is 514. The van der Waals surface area contributed by atoms with E-state index in [0.717, 1.165) is 18.6 Å². The summed E-state index contributed by atoms with van der Waals surface area (Å²) in [5.41, 5.74) is 1.24. The third-order valence-corrected chi connectivity index (χ3v) is 3.94. The number of halogens is 1. The van der Waals surface area contributed by atoms with Gasteiger partial charge in [0.1, 0.15) is 11.6 Å². The highest BCUT2D eigenvalue weighted by Crippen LogP contribution is 2.37. The minimum atomic E-state index is -0.163. The maximum absolute atomic E-state index is 12.9. The topological polar surface area (TPSA) is 25.2 Å². The third kappa shape index (κ3) is 2.71. The molecule has 1 atom stereocenters. The Hall–Kier alpha value is -1.61. The molecule has 0 amide bonds. The van der Waals surface area contributed by atoms with Gasteiger partial charge in [-0.25, -0.2) is 4.39 Å². The standard InChI is InChI=1S/C16H18FNO/c1-11(16-3-2-8-19-16)18-15-9-13(10-15)12-4-6-14(17)7-5-12/h2-8,11,13,15,18H,9-10H2,1H3. The Morgan fingerprint density at radius 3 is 2.58 bits per heavy atom. The van der Waals surface area contributed by atoms with Crippen LogP contribution in [0.15, 0.2) is 47.1 Å². The van der Waals surface area contributed by atoms with Crippen molar-refractivity contribution in [1.82, 2.24) is 5.32 Å². The smallest absolute Gasteiger partial charge is 0.123 e. The molecule has 1 saturated carbocycles. The van der Waals surface area contributed by atoms with Crippen molar-refractivity contribution in [2.75, 3.05) is 0 Å². The Balaban J connectivity index is 1.51. The van der Waals surface area contributed by atoms with Crippen molar-refractivity contribution in [2.45, 2.75) is 37.8 Å². The van der Waals surface area contributed by atoms with Crippen molar-refractivity contribution >= 4 is 0 Å². The van der Waals surface area contributed by atoms with Gasteiger partial charge in [0.15, 0.2) is 0 Å². The van der Waals surface area contributed by atoms with Crippen LogP contribution in [-0.2, 0) is 0 Å². The molecule has 3 heteroatoms. The fourth-order valence-electron chi connectivity index (χ4n) is 2.73. The van der Waals surface area contributed by atoms with E-state index in [-0.39, 0.29) is 11.9 Å². The van der Waals surface area contributed by atoms with Crippen LogP contribution in [0.1, 0.15) is 43.0 Å². The summed E-state index contributed by atoms with van der Waals surface area (Å²) in [6, 6.07) is 11.6. The van der Waals surface area contributed by atoms with Gasteiger partial charge in [-0.1, -0.05) is 12.1 Å². The SMILES string of the molecule is CC(NC1CC(c2ccc(F)cc2)C1)c1ccco1. The van der Waals surface area contributed by atoms with Crippen LogP contribution in [-0.4, -0.2) is 6.04 Å². The Labute approximate surface area is 112 Å². The van der Waals surface area contributed by atoms with Crippen LogP contribution in [0.5, 0.6) is 0 Å². The monoisotopic (exact) mass is 259 g/mol. The van der Waals surface area contributed by atoms with E-state index >= 15 is 0 Å². The summed E-state index contributed by atoms with van der Waals surface area (Å²) in [6.07, 6.45) is 3.92. The number of hydrogen-bond donors (Lipinski definition) is 1. The second-order valence-corrected chi connectivity index (χ2v) is 5.32. The molecule has 2 nitrogen and oxygen atoms in total. The zero-order valence-electron chi connectivity index (χ0n) is 11.0. The number of rotatable bonds is 4. The Kier molecular flexibility index (Phi) is 3.38. The average Bonchev–Trinajstić information content (AvgIpc) is 2.88. The van der Waals surface area contributed by atoms with E-state index in [4.69, 9.17) is 4.42 Å². The van der Waals surface area contributed by atoms with E-state index in [1.165, 1.54) is 5.56 Å². The molecule has 1 N–H and O–H groups in total. The van der Waals surface area contributed by atoms with Gasteiger partial charge < -0.3 is 9.73 Å². The molecule has 1 heterocycles. The summed E-state index contributed by atoms with van der Waals surface area (Å²) < 4.78 is 18.2. The van der Waals surface area contributed by atoms with Gasteiger partial charge in [0.05, 0.1) is 12.3 Å². The molecule has 0 spiro atoms. The van der Waals surface area contributed by atoms with E-state index in [0.29, 0.717) is 12.0 Å². The summed E-state index contributed by atoms with van der Waals surface area (Å²) in [6.45, 7) is 2.12. The zero-order valence-corrected chi connectivity index (χ0v) is 11.0. The van der Waals surface area contributed by atoms with E-state index in [9.17, 15) is 4.39 Å². The summed E-state index contributed by atoms with van der Waals surface area (Å²) >= 11 is 0. The molecule has 1 aromatic carbocycles. The molecule has 2 aromatic rings. The molecular weight excluding hydrogens is 241 g/mol. The van der Waals surface area contributed by atoms with Crippen LogP contribution in [0.3, 0.4) is 0 Å². The van der Waals surface area contributed by atoms with E-state index in [2.05, 4.69) is 12.2 Å². The molecule has 100 valence electrons. The van der Waals surface area contributed by atoms with Crippen molar-refractivity contribution in [3.8, 4) is 0 Å². The fraction of sp³-hybridized carbons (Fsp3) is 0.375. The van der Waals surface area contributed by atoms with Crippen LogP contribution < -0.4 is 5.32 Å². The van der Waals surface area contributed by atoms with Gasteiger partial charge in [0.25, 0.3) is 0 Å². The summed E-state index contributed by atoms with van der Waals surface area (Å²) in [5, 5.41) is 3.56. The van der Waals surface area contributed by atoms with E-state index in [1.54, 1.807) is 18.4 Å². The molecule has 1 aliphatic carbocycles. The van der Waals surface area contributed by atoms with Crippen molar-refractivity contribution in [2.24, 2.45) is 0 Å². The normalized spacial score (nSPS) is 23.9. The first-order chi connectivity index (χ1) is 9.22. The highest BCUT2D eigenvalue weighted by atomic mass is 19.1. The number of furan rings is 1. The predicted molar refractivity (Wildman–Crippen MR) is 72.4 cm³/mol. The van der Waals surface area contributed by atoms with Crippen LogP contribution in [0.2, 0.25) is 0 Å². The highest BCUT2D eigenvalue weighted by molar-refractivity contribution is 5.23. The fourth-order valence-corrected chi connectivity index (χ4v) is 2.73.